The SMILES string of the molecule is O=C(O)CCCCCCCCCCNC(=O)COCCOCCNC(=O)CCC(=O)O. The van der Waals surface area contributed by atoms with Crippen LogP contribution in [0.4, 0.5) is 0 Å². The predicted molar refractivity (Wildman–Crippen MR) is 114 cm³/mol. The molecule has 31 heavy (non-hydrogen) atoms. The van der Waals surface area contributed by atoms with E-state index in [-0.39, 0.29) is 50.9 Å². The van der Waals surface area contributed by atoms with Crippen LogP contribution in [0.5, 0.6) is 0 Å². The van der Waals surface area contributed by atoms with Gasteiger partial charge in [0.2, 0.25) is 11.8 Å². The molecule has 10 nitrogen and oxygen atoms in total. The quantitative estimate of drug-likeness (QED) is 0.183. The number of unbranched alkanes of at least 4 members (excludes halogenated alkanes) is 7. The second-order valence-corrected chi connectivity index (χ2v) is 7.23. The highest BCUT2D eigenvalue weighted by Gasteiger charge is 2.04. The van der Waals surface area contributed by atoms with Gasteiger partial charge in [-0.1, -0.05) is 38.5 Å². The Morgan fingerprint density at radius 3 is 1.74 bits per heavy atom. The van der Waals surface area contributed by atoms with Crippen molar-refractivity contribution in [2.75, 3.05) is 39.5 Å². The number of carbonyl (C=O) groups excluding carboxylic acids is 2. The van der Waals surface area contributed by atoms with Crippen molar-refractivity contribution >= 4 is 23.8 Å². The lowest BCUT2D eigenvalue weighted by molar-refractivity contribution is -0.139. The van der Waals surface area contributed by atoms with Crippen molar-refractivity contribution in [3.8, 4) is 0 Å². The molecule has 0 aromatic rings. The number of carboxylic acid groups (broad SMARTS) is 2. The number of ether oxygens (including phenoxy) is 2. The number of hydrogen-bond donors (Lipinski definition) is 4. The van der Waals surface area contributed by atoms with Crippen molar-refractivity contribution in [2.45, 2.75) is 70.6 Å². The van der Waals surface area contributed by atoms with E-state index >= 15 is 0 Å². The summed E-state index contributed by atoms with van der Waals surface area (Å²) in [5, 5.41) is 22.4. The summed E-state index contributed by atoms with van der Waals surface area (Å²) in [6, 6.07) is 0. The van der Waals surface area contributed by atoms with Gasteiger partial charge in [0.1, 0.15) is 6.61 Å². The largest absolute Gasteiger partial charge is 0.481 e. The number of nitrogens with one attached hydrogen (secondary N) is 2. The summed E-state index contributed by atoms with van der Waals surface area (Å²) in [6.45, 7) is 1.76. The maximum absolute atomic E-state index is 11.6. The number of carboxylic acids is 2. The minimum absolute atomic E-state index is 0.0222. The third kappa shape index (κ3) is 23.9. The lowest BCUT2D eigenvalue weighted by Gasteiger charge is -2.08. The van der Waals surface area contributed by atoms with Crippen LogP contribution in [0.2, 0.25) is 0 Å². The molecule has 0 saturated carbocycles. The number of hydrogen-bond acceptors (Lipinski definition) is 6. The first kappa shape index (κ1) is 28.8. The van der Waals surface area contributed by atoms with E-state index in [0.29, 0.717) is 19.7 Å². The maximum atomic E-state index is 11.6. The molecule has 0 atom stereocenters. The van der Waals surface area contributed by atoms with E-state index < -0.39 is 11.9 Å². The van der Waals surface area contributed by atoms with Crippen molar-refractivity contribution in [1.29, 1.82) is 0 Å². The van der Waals surface area contributed by atoms with Gasteiger partial charge >= 0.3 is 11.9 Å². The van der Waals surface area contributed by atoms with Crippen LogP contribution in [-0.2, 0) is 28.7 Å². The van der Waals surface area contributed by atoms with E-state index in [1.807, 2.05) is 0 Å². The Bertz CT molecular complexity index is 514. The molecule has 0 spiro atoms. The van der Waals surface area contributed by atoms with Gasteiger partial charge in [-0.2, -0.15) is 0 Å². The summed E-state index contributed by atoms with van der Waals surface area (Å²) >= 11 is 0. The Labute approximate surface area is 184 Å². The van der Waals surface area contributed by atoms with Crippen LogP contribution in [0.15, 0.2) is 0 Å². The van der Waals surface area contributed by atoms with E-state index in [0.717, 1.165) is 51.4 Å². The van der Waals surface area contributed by atoms with Crippen molar-refractivity contribution < 1.29 is 38.9 Å². The molecule has 4 N–H and O–H groups in total. The molecular weight excluding hydrogens is 408 g/mol. The fraction of sp³-hybridized carbons (Fsp3) is 0.810. The first-order chi connectivity index (χ1) is 14.9. The molecule has 0 aliphatic heterocycles. The minimum atomic E-state index is -1.01. The van der Waals surface area contributed by atoms with Crippen LogP contribution in [0, 0.1) is 0 Å². The second kappa shape index (κ2) is 21.0. The van der Waals surface area contributed by atoms with Gasteiger partial charge in [-0.3, -0.25) is 19.2 Å². The Balaban J connectivity index is 3.27. The second-order valence-electron chi connectivity index (χ2n) is 7.23. The fourth-order valence-electron chi connectivity index (χ4n) is 2.70. The predicted octanol–water partition coefficient (Wildman–Crippen LogP) is 1.71. The number of amides is 2. The zero-order valence-corrected chi connectivity index (χ0v) is 18.4. The standard InChI is InChI=1S/C21H38N2O8/c24-18(10-11-21(28)29)23-13-14-30-15-16-31-17-19(25)22-12-8-6-4-2-1-3-5-7-9-20(26)27/h1-17H2,(H,22,25)(H,23,24)(H,26,27)(H,28,29). The molecule has 0 rings (SSSR count). The smallest absolute Gasteiger partial charge is 0.303 e. The lowest BCUT2D eigenvalue weighted by Crippen LogP contribution is -2.29. The topological polar surface area (TPSA) is 151 Å². The highest BCUT2D eigenvalue weighted by molar-refractivity contribution is 5.80. The van der Waals surface area contributed by atoms with Gasteiger partial charge in [0, 0.05) is 25.9 Å². The average molecular weight is 447 g/mol. The van der Waals surface area contributed by atoms with Crippen LogP contribution in [0.3, 0.4) is 0 Å². The molecule has 0 heterocycles. The third-order valence-corrected chi connectivity index (χ3v) is 4.38. The minimum Gasteiger partial charge on any atom is -0.481 e. The molecule has 0 aromatic heterocycles. The van der Waals surface area contributed by atoms with Gasteiger partial charge in [0.05, 0.1) is 26.2 Å². The van der Waals surface area contributed by atoms with Gasteiger partial charge in [-0.05, 0) is 12.8 Å². The Hall–Kier alpha value is -2.20. The molecule has 0 aliphatic rings. The maximum Gasteiger partial charge on any atom is 0.303 e. The van der Waals surface area contributed by atoms with Gasteiger partial charge in [-0.15, -0.1) is 0 Å². The summed E-state index contributed by atoms with van der Waals surface area (Å²) in [6.07, 6.45) is 8.16. The molecule has 0 aromatic carbocycles. The molecule has 180 valence electrons. The molecule has 0 saturated heterocycles. The van der Waals surface area contributed by atoms with E-state index in [2.05, 4.69) is 10.6 Å². The van der Waals surface area contributed by atoms with Gasteiger partial charge in [-0.25, -0.2) is 0 Å². The van der Waals surface area contributed by atoms with E-state index in [9.17, 15) is 19.2 Å². The molecule has 0 unspecified atom stereocenters. The highest BCUT2D eigenvalue weighted by Crippen LogP contribution is 2.09. The first-order valence-electron chi connectivity index (χ1n) is 11.0. The van der Waals surface area contributed by atoms with Gasteiger partial charge in [0.15, 0.2) is 0 Å². The normalized spacial score (nSPS) is 10.6. The lowest BCUT2D eigenvalue weighted by atomic mass is 10.1. The molecule has 0 aliphatic carbocycles. The van der Waals surface area contributed by atoms with Crippen LogP contribution in [0.25, 0.3) is 0 Å². The summed E-state index contributed by atoms with van der Waals surface area (Å²) in [5.74, 6) is -2.22. The number of carbonyl (C=O) groups is 4. The summed E-state index contributed by atoms with van der Waals surface area (Å²) < 4.78 is 10.5. The van der Waals surface area contributed by atoms with Crippen LogP contribution >= 0.6 is 0 Å². The van der Waals surface area contributed by atoms with E-state index in [4.69, 9.17) is 19.7 Å². The third-order valence-electron chi connectivity index (χ3n) is 4.38. The van der Waals surface area contributed by atoms with Crippen molar-refractivity contribution in [3.63, 3.8) is 0 Å². The van der Waals surface area contributed by atoms with E-state index in [1.54, 1.807) is 0 Å². The number of aliphatic carboxylic acids is 2. The fourth-order valence-corrected chi connectivity index (χ4v) is 2.70. The zero-order chi connectivity index (χ0) is 23.2. The first-order valence-corrected chi connectivity index (χ1v) is 11.0. The van der Waals surface area contributed by atoms with E-state index in [1.165, 1.54) is 0 Å². The molecule has 0 radical (unpaired) electrons. The molecule has 2 amide bonds. The van der Waals surface area contributed by atoms with Crippen LogP contribution < -0.4 is 10.6 Å². The van der Waals surface area contributed by atoms with Gasteiger partial charge < -0.3 is 30.3 Å². The van der Waals surface area contributed by atoms with Crippen molar-refractivity contribution in [2.24, 2.45) is 0 Å². The van der Waals surface area contributed by atoms with Crippen molar-refractivity contribution in [3.05, 3.63) is 0 Å². The summed E-state index contributed by atoms with van der Waals surface area (Å²) in [4.78, 5) is 43.6. The average Bonchev–Trinajstić information content (AvgIpc) is 2.72. The summed E-state index contributed by atoms with van der Waals surface area (Å²) in [7, 11) is 0. The monoisotopic (exact) mass is 446 g/mol. The van der Waals surface area contributed by atoms with Crippen molar-refractivity contribution in [1.82, 2.24) is 10.6 Å². The van der Waals surface area contributed by atoms with Gasteiger partial charge in [0.25, 0.3) is 0 Å². The van der Waals surface area contributed by atoms with Crippen LogP contribution in [0.1, 0.15) is 70.6 Å². The Morgan fingerprint density at radius 1 is 0.548 bits per heavy atom. The number of rotatable bonds is 22. The zero-order valence-electron chi connectivity index (χ0n) is 18.4. The molecular formula is C21H38N2O8. The molecule has 10 heteroatoms. The Kier molecular flexibility index (Phi) is 19.6. The Morgan fingerprint density at radius 2 is 1.10 bits per heavy atom. The molecule has 0 fully saturated rings. The van der Waals surface area contributed by atoms with Crippen LogP contribution in [-0.4, -0.2) is 73.5 Å². The highest BCUT2D eigenvalue weighted by atomic mass is 16.5. The summed E-state index contributed by atoms with van der Waals surface area (Å²) in [5.41, 5.74) is 0. The molecule has 0 bridgehead atoms.